The maximum absolute atomic E-state index is 5.98. The number of nitrogens with two attached hydrogens (primary N) is 1. The molecule has 0 fully saturated rings. The molecule has 5 heteroatoms. The Kier molecular flexibility index (Phi) is 2.00. The zero-order valence-corrected chi connectivity index (χ0v) is 7.42. The normalized spacial score (nSPS) is 10.3. The van der Waals surface area contributed by atoms with E-state index in [1.807, 2.05) is 12.1 Å². The standard InChI is InChI=1S/C8H7ClN4/c9-6-3-1-2-5-4-11-13-8(12-10)7(5)6/h1-4H,10H2,(H,12,13). The average molecular weight is 195 g/mol. The molecule has 3 N–H and O–H groups in total. The molecule has 4 nitrogen and oxygen atoms in total. The van der Waals surface area contributed by atoms with Crippen LogP contribution in [0.25, 0.3) is 10.8 Å². The number of hydrogen-bond donors (Lipinski definition) is 2. The van der Waals surface area contributed by atoms with Crippen molar-refractivity contribution in [1.82, 2.24) is 10.2 Å². The third-order valence-electron chi connectivity index (χ3n) is 1.77. The van der Waals surface area contributed by atoms with E-state index in [0.29, 0.717) is 10.8 Å². The van der Waals surface area contributed by atoms with Gasteiger partial charge in [0.25, 0.3) is 0 Å². The summed E-state index contributed by atoms with van der Waals surface area (Å²) >= 11 is 5.98. The fourth-order valence-corrected chi connectivity index (χ4v) is 1.47. The minimum atomic E-state index is 0.489. The van der Waals surface area contributed by atoms with E-state index in [0.717, 1.165) is 10.8 Å². The van der Waals surface area contributed by atoms with Gasteiger partial charge in [-0.05, 0) is 6.07 Å². The smallest absolute Gasteiger partial charge is 0.172 e. The van der Waals surface area contributed by atoms with Gasteiger partial charge in [-0.15, -0.1) is 5.10 Å². The molecule has 13 heavy (non-hydrogen) atoms. The van der Waals surface area contributed by atoms with Crippen LogP contribution >= 0.6 is 11.6 Å². The molecule has 1 aromatic carbocycles. The highest BCUT2D eigenvalue weighted by Crippen LogP contribution is 2.26. The summed E-state index contributed by atoms with van der Waals surface area (Å²) in [5, 5.41) is 9.91. The number of nitrogens with zero attached hydrogens (tertiary/aromatic N) is 2. The highest BCUT2D eigenvalue weighted by Gasteiger charge is 2.04. The van der Waals surface area contributed by atoms with Gasteiger partial charge in [0.2, 0.25) is 0 Å². The largest absolute Gasteiger partial charge is 0.306 e. The number of nitrogens with one attached hydrogen (secondary N) is 1. The van der Waals surface area contributed by atoms with Gasteiger partial charge in [0, 0.05) is 10.8 Å². The Morgan fingerprint density at radius 1 is 1.38 bits per heavy atom. The molecular formula is C8H7ClN4. The van der Waals surface area contributed by atoms with E-state index in [-0.39, 0.29) is 0 Å². The lowest BCUT2D eigenvalue weighted by Gasteiger charge is -2.03. The second kappa shape index (κ2) is 3.16. The Labute approximate surface area is 79.7 Å². The van der Waals surface area contributed by atoms with E-state index in [2.05, 4.69) is 15.6 Å². The number of rotatable bonds is 1. The minimum Gasteiger partial charge on any atom is -0.306 e. The van der Waals surface area contributed by atoms with Crippen LogP contribution in [0.3, 0.4) is 0 Å². The lowest BCUT2D eigenvalue weighted by molar-refractivity contribution is 1.04. The molecule has 0 amide bonds. The summed E-state index contributed by atoms with van der Waals surface area (Å²) < 4.78 is 0. The number of fused-ring (bicyclic) bond motifs is 1. The quantitative estimate of drug-likeness (QED) is 0.534. The lowest BCUT2D eigenvalue weighted by atomic mass is 10.2. The van der Waals surface area contributed by atoms with Crippen LogP contribution in [0.1, 0.15) is 0 Å². The van der Waals surface area contributed by atoms with E-state index in [1.165, 1.54) is 0 Å². The van der Waals surface area contributed by atoms with E-state index in [4.69, 9.17) is 17.4 Å². The SMILES string of the molecule is NNc1nncc2cccc(Cl)c12. The number of hydrazine groups is 1. The Hall–Kier alpha value is -1.39. The highest BCUT2D eigenvalue weighted by molar-refractivity contribution is 6.36. The Bertz CT molecular complexity index is 438. The van der Waals surface area contributed by atoms with Crippen LogP contribution in [0, 0.1) is 0 Å². The summed E-state index contributed by atoms with van der Waals surface area (Å²) in [5.41, 5.74) is 2.45. The summed E-state index contributed by atoms with van der Waals surface area (Å²) in [6, 6.07) is 5.54. The van der Waals surface area contributed by atoms with Crippen molar-refractivity contribution in [2.24, 2.45) is 5.84 Å². The molecular weight excluding hydrogens is 188 g/mol. The number of halogens is 1. The van der Waals surface area contributed by atoms with Crippen LogP contribution in [0.2, 0.25) is 5.02 Å². The molecule has 0 aliphatic rings. The first-order chi connectivity index (χ1) is 6.33. The first-order valence-electron chi connectivity index (χ1n) is 3.69. The van der Waals surface area contributed by atoms with Gasteiger partial charge in [0.05, 0.1) is 11.2 Å². The van der Waals surface area contributed by atoms with Crippen molar-refractivity contribution in [3.63, 3.8) is 0 Å². The summed E-state index contributed by atoms with van der Waals surface area (Å²) in [7, 11) is 0. The van der Waals surface area contributed by atoms with Gasteiger partial charge in [-0.1, -0.05) is 23.7 Å². The molecule has 0 saturated carbocycles. The number of anilines is 1. The minimum absolute atomic E-state index is 0.489. The van der Waals surface area contributed by atoms with Gasteiger partial charge in [0.1, 0.15) is 0 Å². The molecule has 1 aromatic heterocycles. The van der Waals surface area contributed by atoms with E-state index < -0.39 is 0 Å². The third-order valence-corrected chi connectivity index (χ3v) is 2.09. The van der Waals surface area contributed by atoms with Crippen LogP contribution in [0.5, 0.6) is 0 Å². The zero-order valence-electron chi connectivity index (χ0n) is 6.66. The predicted molar refractivity (Wildman–Crippen MR) is 52.4 cm³/mol. The third kappa shape index (κ3) is 1.30. The topological polar surface area (TPSA) is 63.8 Å². The second-order valence-electron chi connectivity index (χ2n) is 2.54. The molecule has 0 atom stereocenters. The van der Waals surface area contributed by atoms with Gasteiger partial charge in [-0.3, -0.25) is 0 Å². The summed E-state index contributed by atoms with van der Waals surface area (Å²) in [4.78, 5) is 0. The summed E-state index contributed by atoms with van der Waals surface area (Å²) in [6.07, 6.45) is 1.64. The maximum Gasteiger partial charge on any atom is 0.172 e. The van der Waals surface area contributed by atoms with E-state index in [1.54, 1.807) is 12.3 Å². The van der Waals surface area contributed by atoms with E-state index in [9.17, 15) is 0 Å². The lowest BCUT2D eigenvalue weighted by Crippen LogP contribution is -2.09. The molecule has 0 aliphatic carbocycles. The molecule has 0 saturated heterocycles. The van der Waals surface area contributed by atoms with Gasteiger partial charge in [-0.2, -0.15) is 5.10 Å². The van der Waals surface area contributed by atoms with E-state index >= 15 is 0 Å². The van der Waals surface area contributed by atoms with Gasteiger partial charge in [-0.25, -0.2) is 5.84 Å². The average Bonchev–Trinajstić information content (AvgIpc) is 2.17. The molecule has 0 radical (unpaired) electrons. The Balaban J connectivity index is 2.87. The molecule has 0 aliphatic heterocycles. The predicted octanol–water partition coefficient (Wildman–Crippen LogP) is 1.57. The summed E-state index contributed by atoms with van der Waals surface area (Å²) in [6.45, 7) is 0. The van der Waals surface area contributed by atoms with Crippen molar-refractivity contribution in [3.8, 4) is 0 Å². The van der Waals surface area contributed by atoms with Gasteiger partial charge < -0.3 is 5.43 Å². The van der Waals surface area contributed by atoms with Crippen molar-refractivity contribution in [3.05, 3.63) is 29.4 Å². The van der Waals surface area contributed by atoms with Crippen molar-refractivity contribution in [1.29, 1.82) is 0 Å². The number of aromatic nitrogens is 2. The molecule has 0 unspecified atom stereocenters. The van der Waals surface area contributed by atoms with Gasteiger partial charge in [0.15, 0.2) is 5.82 Å². The van der Waals surface area contributed by atoms with Crippen LogP contribution in [0.4, 0.5) is 5.82 Å². The highest BCUT2D eigenvalue weighted by atomic mass is 35.5. The van der Waals surface area contributed by atoms with Crippen molar-refractivity contribution in [2.45, 2.75) is 0 Å². The van der Waals surface area contributed by atoms with Crippen LogP contribution < -0.4 is 11.3 Å². The molecule has 2 rings (SSSR count). The van der Waals surface area contributed by atoms with Crippen LogP contribution in [0.15, 0.2) is 24.4 Å². The first kappa shape index (κ1) is 8.22. The zero-order chi connectivity index (χ0) is 9.26. The van der Waals surface area contributed by atoms with Crippen molar-refractivity contribution >= 4 is 28.2 Å². The second-order valence-corrected chi connectivity index (χ2v) is 2.95. The molecule has 0 spiro atoms. The number of nitrogen functional groups attached to an aromatic ring is 1. The van der Waals surface area contributed by atoms with Crippen molar-refractivity contribution < 1.29 is 0 Å². The van der Waals surface area contributed by atoms with Gasteiger partial charge >= 0.3 is 0 Å². The fourth-order valence-electron chi connectivity index (χ4n) is 1.20. The maximum atomic E-state index is 5.98. The van der Waals surface area contributed by atoms with Crippen LogP contribution in [-0.2, 0) is 0 Å². The number of benzene rings is 1. The van der Waals surface area contributed by atoms with Crippen LogP contribution in [-0.4, -0.2) is 10.2 Å². The Morgan fingerprint density at radius 3 is 3.00 bits per heavy atom. The Morgan fingerprint density at radius 2 is 2.23 bits per heavy atom. The molecule has 2 aromatic rings. The molecule has 66 valence electrons. The first-order valence-corrected chi connectivity index (χ1v) is 4.07. The summed E-state index contributed by atoms with van der Waals surface area (Å²) in [5.74, 6) is 5.76. The van der Waals surface area contributed by atoms with Crippen molar-refractivity contribution in [2.75, 3.05) is 5.43 Å². The molecule has 1 heterocycles. The molecule has 0 bridgehead atoms. The fraction of sp³-hybridized carbons (Fsp3) is 0. The monoisotopic (exact) mass is 194 g/mol. The number of hydrogen-bond acceptors (Lipinski definition) is 4.